The first kappa shape index (κ1) is 15.9. The number of benzene rings is 1. The molecule has 0 N–H and O–H groups in total. The molecule has 3 unspecified atom stereocenters. The number of nitrogens with zero attached hydrogens (tertiary/aromatic N) is 1. The molecular formula is C15H20FNO4S. The van der Waals surface area contributed by atoms with Gasteiger partial charge in [0.2, 0.25) is 10.0 Å². The average Bonchev–Trinajstić information content (AvgIpc) is 2.54. The third-order valence-corrected chi connectivity index (χ3v) is 6.43. The number of morpholine rings is 1. The highest BCUT2D eigenvalue weighted by Crippen LogP contribution is 2.33. The Morgan fingerprint density at radius 2 is 2.09 bits per heavy atom. The Kier molecular flexibility index (Phi) is 4.49. The van der Waals surface area contributed by atoms with Gasteiger partial charge in [0, 0.05) is 13.7 Å². The molecule has 1 aliphatic carbocycles. The van der Waals surface area contributed by atoms with Crippen LogP contribution >= 0.6 is 0 Å². The average molecular weight is 329 g/mol. The number of methoxy groups -OCH3 is 1. The summed E-state index contributed by atoms with van der Waals surface area (Å²) >= 11 is 0. The van der Waals surface area contributed by atoms with Gasteiger partial charge in [0.25, 0.3) is 0 Å². The lowest BCUT2D eigenvalue weighted by molar-refractivity contribution is -0.0883. The van der Waals surface area contributed by atoms with Crippen LogP contribution in [0.4, 0.5) is 4.39 Å². The molecule has 0 spiro atoms. The normalized spacial score (nSPS) is 30.0. The molecule has 1 saturated carbocycles. The summed E-state index contributed by atoms with van der Waals surface area (Å²) in [6.45, 7) is 0.584. The molecule has 1 aromatic carbocycles. The van der Waals surface area contributed by atoms with Crippen molar-refractivity contribution in [2.75, 3.05) is 20.3 Å². The monoisotopic (exact) mass is 329 g/mol. The minimum Gasteiger partial charge on any atom is -0.381 e. The van der Waals surface area contributed by atoms with Crippen LogP contribution in [0.2, 0.25) is 0 Å². The molecule has 2 aliphatic rings. The first-order valence-corrected chi connectivity index (χ1v) is 8.89. The third-order valence-electron chi connectivity index (χ3n) is 4.48. The third kappa shape index (κ3) is 2.78. The fourth-order valence-electron chi connectivity index (χ4n) is 3.33. The van der Waals surface area contributed by atoms with E-state index in [0.29, 0.717) is 13.0 Å². The molecule has 1 aromatic rings. The van der Waals surface area contributed by atoms with Gasteiger partial charge in [-0.3, -0.25) is 0 Å². The van der Waals surface area contributed by atoms with Crippen LogP contribution in [-0.4, -0.2) is 51.2 Å². The number of sulfonamides is 1. The summed E-state index contributed by atoms with van der Waals surface area (Å²) in [6, 6.07) is 5.21. The fourth-order valence-corrected chi connectivity index (χ4v) is 5.04. The smallest absolute Gasteiger partial charge is 0.246 e. The molecule has 0 bridgehead atoms. The van der Waals surface area contributed by atoms with E-state index >= 15 is 0 Å². The van der Waals surface area contributed by atoms with E-state index in [1.54, 1.807) is 7.11 Å². The Bertz CT molecular complexity index is 636. The van der Waals surface area contributed by atoms with Crippen molar-refractivity contribution >= 4 is 10.0 Å². The molecule has 0 aromatic heterocycles. The highest BCUT2D eigenvalue weighted by Gasteiger charge is 2.43. The number of halogens is 1. The zero-order valence-corrected chi connectivity index (χ0v) is 13.3. The fraction of sp³-hybridized carbons (Fsp3) is 0.600. The van der Waals surface area contributed by atoms with Crippen LogP contribution in [0.25, 0.3) is 0 Å². The molecule has 3 rings (SSSR count). The zero-order chi connectivity index (χ0) is 15.7. The van der Waals surface area contributed by atoms with Crippen LogP contribution in [0, 0.1) is 5.82 Å². The van der Waals surface area contributed by atoms with E-state index in [-0.39, 0.29) is 29.7 Å². The second-order valence-corrected chi connectivity index (χ2v) is 7.55. The lowest BCUT2D eigenvalue weighted by Crippen LogP contribution is -2.56. The largest absolute Gasteiger partial charge is 0.381 e. The van der Waals surface area contributed by atoms with E-state index in [1.165, 1.54) is 28.6 Å². The van der Waals surface area contributed by atoms with Crippen LogP contribution in [0.5, 0.6) is 0 Å². The van der Waals surface area contributed by atoms with Crippen molar-refractivity contribution in [3.63, 3.8) is 0 Å². The first-order valence-electron chi connectivity index (χ1n) is 7.45. The van der Waals surface area contributed by atoms with Gasteiger partial charge in [-0.2, -0.15) is 4.31 Å². The second-order valence-electron chi connectivity index (χ2n) is 5.69. The van der Waals surface area contributed by atoms with Crippen molar-refractivity contribution in [2.45, 2.75) is 42.4 Å². The SMILES string of the molecule is COC1CCC2OCCN(S(=O)(=O)c3ccccc3F)C2C1. The number of hydrogen-bond acceptors (Lipinski definition) is 4. The quantitative estimate of drug-likeness (QED) is 0.848. The van der Waals surface area contributed by atoms with Crippen molar-refractivity contribution < 1.29 is 22.3 Å². The lowest BCUT2D eigenvalue weighted by Gasteiger charge is -2.44. The summed E-state index contributed by atoms with van der Waals surface area (Å²) in [7, 11) is -2.24. The van der Waals surface area contributed by atoms with E-state index in [4.69, 9.17) is 9.47 Å². The van der Waals surface area contributed by atoms with Gasteiger partial charge in [0.15, 0.2) is 0 Å². The van der Waals surface area contributed by atoms with E-state index in [1.807, 2.05) is 0 Å². The maximum absolute atomic E-state index is 13.9. The number of rotatable bonds is 3. The molecule has 1 heterocycles. The van der Waals surface area contributed by atoms with Crippen molar-refractivity contribution in [2.24, 2.45) is 0 Å². The number of hydrogen-bond donors (Lipinski definition) is 0. The van der Waals surface area contributed by atoms with Crippen LogP contribution in [0.1, 0.15) is 19.3 Å². The van der Waals surface area contributed by atoms with Gasteiger partial charge in [0.05, 0.1) is 24.9 Å². The molecule has 1 aliphatic heterocycles. The van der Waals surface area contributed by atoms with E-state index in [9.17, 15) is 12.8 Å². The molecule has 7 heteroatoms. The lowest BCUT2D eigenvalue weighted by atomic mass is 9.89. The standard InChI is InChI=1S/C15H20FNO4S/c1-20-11-6-7-14-13(10-11)17(8-9-21-14)22(18,19)15-5-3-2-4-12(15)16/h2-5,11,13-14H,6-10H2,1H3. The van der Waals surface area contributed by atoms with E-state index in [0.717, 1.165) is 12.8 Å². The predicted octanol–water partition coefficient (Wildman–Crippen LogP) is 1.78. The summed E-state index contributed by atoms with van der Waals surface area (Å²) in [5, 5.41) is 0. The Labute approximate surface area is 130 Å². The number of fused-ring (bicyclic) bond motifs is 1. The van der Waals surface area contributed by atoms with Crippen molar-refractivity contribution in [3.8, 4) is 0 Å². The summed E-state index contributed by atoms with van der Waals surface area (Å²) in [5.41, 5.74) is 0. The van der Waals surface area contributed by atoms with Gasteiger partial charge < -0.3 is 9.47 Å². The minimum absolute atomic E-state index is 0.0151. The molecule has 22 heavy (non-hydrogen) atoms. The molecule has 1 saturated heterocycles. The molecule has 0 amide bonds. The van der Waals surface area contributed by atoms with Crippen LogP contribution in [-0.2, 0) is 19.5 Å². The Morgan fingerprint density at radius 3 is 2.82 bits per heavy atom. The first-order chi connectivity index (χ1) is 10.5. The molecular weight excluding hydrogens is 309 g/mol. The van der Waals surface area contributed by atoms with Gasteiger partial charge in [0.1, 0.15) is 10.7 Å². The van der Waals surface area contributed by atoms with Gasteiger partial charge in [-0.1, -0.05) is 12.1 Å². The van der Waals surface area contributed by atoms with Gasteiger partial charge >= 0.3 is 0 Å². The van der Waals surface area contributed by atoms with Crippen molar-refractivity contribution in [1.82, 2.24) is 4.31 Å². The Hall–Kier alpha value is -1.02. The molecule has 5 nitrogen and oxygen atoms in total. The van der Waals surface area contributed by atoms with Gasteiger partial charge in [-0.05, 0) is 31.4 Å². The summed E-state index contributed by atoms with van der Waals surface area (Å²) in [5.74, 6) is -0.718. The highest BCUT2D eigenvalue weighted by atomic mass is 32.2. The van der Waals surface area contributed by atoms with Crippen LogP contribution < -0.4 is 0 Å². The van der Waals surface area contributed by atoms with Gasteiger partial charge in [-0.25, -0.2) is 12.8 Å². The summed E-state index contributed by atoms with van der Waals surface area (Å²) < 4.78 is 52.1. The van der Waals surface area contributed by atoms with Crippen LogP contribution in [0.3, 0.4) is 0 Å². The summed E-state index contributed by atoms with van der Waals surface area (Å²) in [6.07, 6.45) is 2.06. The van der Waals surface area contributed by atoms with Crippen molar-refractivity contribution in [3.05, 3.63) is 30.1 Å². The minimum atomic E-state index is -3.87. The summed E-state index contributed by atoms with van der Waals surface area (Å²) in [4.78, 5) is -0.268. The van der Waals surface area contributed by atoms with Crippen LogP contribution in [0.15, 0.2) is 29.2 Å². The topological polar surface area (TPSA) is 55.8 Å². The molecule has 2 fully saturated rings. The maximum atomic E-state index is 13.9. The van der Waals surface area contributed by atoms with E-state index < -0.39 is 15.8 Å². The second kappa shape index (κ2) is 6.23. The Balaban J connectivity index is 1.93. The van der Waals surface area contributed by atoms with E-state index in [2.05, 4.69) is 0 Å². The predicted molar refractivity (Wildman–Crippen MR) is 78.5 cm³/mol. The van der Waals surface area contributed by atoms with Gasteiger partial charge in [-0.15, -0.1) is 0 Å². The zero-order valence-electron chi connectivity index (χ0n) is 12.4. The van der Waals surface area contributed by atoms with Crippen molar-refractivity contribution in [1.29, 1.82) is 0 Å². The molecule has 122 valence electrons. The number of ether oxygens (including phenoxy) is 2. The molecule has 0 radical (unpaired) electrons. The molecule has 3 atom stereocenters. The Morgan fingerprint density at radius 1 is 1.32 bits per heavy atom. The highest BCUT2D eigenvalue weighted by molar-refractivity contribution is 7.89. The maximum Gasteiger partial charge on any atom is 0.246 e.